The first-order valence-electron chi connectivity index (χ1n) is 7.65. The van der Waals surface area contributed by atoms with E-state index in [0.717, 1.165) is 5.69 Å². The van der Waals surface area contributed by atoms with E-state index in [0.29, 0.717) is 29.2 Å². The molecule has 1 heterocycles. The van der Waals surface area contributed by atoms with Gasteiger partial charge in [-0.2, -0.15) is 0 Å². The van der Waals surface area contributed by atoms with Crippen LogP contribution in [0.1, 0.15) is 33.3 Å². The SMILES string of the molecule is CC(=O)c1cccc(NC(=O)c2ccccc2OCc2cscn2)c1. The average Bonchev–Trinajstić information content (AvgIpc) is 3.14. The standard InChI is InChI=1S/C19H16N2O3S/c1-13(22)14-5-4-6-15(9-14)21-19(23)17-7-2-3-8-18(17)24-10-16-11-25-12-20-16/h2-9,11-12H,10H2,1H3,(H,21,23). The van der Waals surface area contributed by atoms with Crippen LogP contribution in [0.5, 0.6) is 5.75 Å². The van der Waals surface area contributed by atoms with Crippen LogP contribution in [0.25, 0.3) is 0 Å². The molecule has 5 nitrogen and oxygen atoms in total. The number of nitrogens with zero attached hydrogens (tertiary/aromatic N) is 1. The minimum atomic E-state index is -0.297. The van der Waals surface area contributed by atoms with Crippen molar-refractivity contribution in [1.82, 2.24) is 4.98 Å². The van der Waals surface area contributed by atoms with E-state index in [1.165, 1.54) is 18.3 Å². The number of rotatable bonds is 6. The number of ether oxygens (including phenoxy) is 1. The number of nitrogens with one attached hydrogen (secondary N) is 1. The van der Waals surface area contributed by atoms with Crippen LogP contribution in [-0.4, -0.2) is 16.7 Å². The molecule has 0 saturated heterocycles. The molecule has 0 fully saturated rings. The lowest BCUT2D eigenvalue weighted by atomic mass is 10.1. The highest BCUT2D eigenvalue weighted by atomic mass is 32.1. The van der Waals surface area contributed by atoms with Crippen molar-refractivity contribution in [3.63, 3.8) is 0 Å². The third-order valence-electron chi connectivity index (χ3n) is 3.52. The Bertz CT molecular complexity index is 891. The number of thiazole rings is 1. The van der Waals surface area contributed by atoms with Crippen molar-refractivity contribution >= 4 is 28.7 Å². The van der Waals surface area contributed by atoms with Gasteiger partial charge in [0, 0.05) is 16.6 Å². The number of aromatic nitrogens is 1. The maximum absolute atomic E-state index is 12.6. The number of benzene rings is 2. The van der Waals surface area contributed by atoms with E-state index in [1.54, 1.807) is 48.0 Å². The molecule has 0 aliphatic carbocycles. The van der Waals surface area contributed by atoms with E-state index in [-0.39, 0.29) is 11.7 Å². The van der Waals surface area contributed by atoms with Gasteiger partial charge >= 0.3 is 0 Å². The molecule has 1 aromatic heterocycles. The van der Waals surface area contributed by atoms with Crippen molar-refractivity contribution < 1.29 is 14.3 Å². The average molecular weight is 352 g/mol. The second kappa shape index (κ2) is 7.72. The zero-order valence-electron chi connectivity index (χ0n) is 13.6. The highest BCUT2D eigenvalue weighted by molar-refractivity contribution is 7.07. The lowest BCUT2D eigenvalue weighted by Crippen LogP contribution is -2.14. The molecule has 1 amide bonds. The number of ketones is 1. The minimum Gasteiger partial charge on any atom is -0.486 e. The molecule has 0 spiro atoms. The Labute approximate surface area is 149 Å². The molecule has 0 atom stereocenters. The Balaban J connectivity index is 1.75. The molecule has 2 aromatic carbocycles. The van der Waals surface area contributed by atoms with E-state index in [2.05, 4.69) is 10.3 Å². The number of amides is 1. The molecular formula is C19H16N2O3S. The second-order valence-corrected chi connectivity index (χ2v) is 6.07. The van der Waals surface area contributed by atoms with Gasteiger partial charge in [-0.3, -0.25) is 9.59 Å². The zero-order chi connectivity index (χ0) is 17.6. The van der Waals surface area contributed by atoms with E-state index in [4.69, 9.17) is 4.74 Å². The highest BCUT2D eigenvalue weighted by Gasteiger charge is 2.13. The molecule has 1 N–H and O–H groups in total. The highest BCUT2D eigenvalue weighted by Crippen LogP contribution is 2.21. The summed E-state index contributed by atoms with van der Waals surface area (Å²) in [5, 5.41) is 4.70. The Hall–Kier alpha value is -2.99. The van der Waals surface area contributed by atoms with Gasteiger partial charge in [-0.25, -0.2) is 4.98 Å². The monoisotopic (exact) mass is 352 g/mol. The zero-order valence-corrected chi connectivity index (χ0v) is 14.4. The molecule has 25 heavy (non-hydrogen) atoms. The van der Waals surface area contributed by atoms with Gasteiger partial charge in [0.1, 0.15) is 12.4 Å². The molecule has 0 bridgehead atoms. The quantitative estimate of drug-likeness (QED) is 0.676. The predicted octanol–water partition coefficient (Wildman–Crippen LogP) is 4.18. The van der Waals surface area contributed by atoms with Gasteiger partial charge in [0.25, 0.3) is 5.91 Å². The van der Waals surface area contributed by atoms with E-state index in [1.807, 2.05) is 11.4 Å². The van der Waals surface area contributed by atoms with E-state index in [9.17, 15) is 9.59 Å². The van der Waals surface area contributed by atoms with Crippen LogP contribution in [0.2, 0.25) is 0 Å². The molecule has 0 unspecified atom stereocenters. The Morgan fingerprint density at radius 3 is 2.76 bits per heavy atom. The number of anilines is 1. The number of carbonyl (C=O) groups is 2. The van der Waals surface area contributed by atoms with Crippen molar-refractivity contribution in [2.24, 2.45) is 0 Å². The summed E-state index contributed by atoms with van der Waals surface area (Å²) in [7, 11) is 0. The van der Waals surface area contributed by atoms with Crippen LogP contribution in [0.3, 0.4) is 0 Å². The van der Waals surface area contributed by atoms with Crippen LogP contribution in [0.15, 0.2) is 59.4 Å². The summed E-state index contributed by atoms with van der Waals surface area (Å²) < 4.78 is 5.73. The second-order valence-electron chi connectivity index (χ2n) is 5.36. The molecule has 3 aromatic rings. The van der Waals surface area contributed by atoms with Crippen LogP contribution in [0, 0.1) is 0 Å². The maximum atomic E-state index is 12.6. The Morgan fingerprint density at radius 2 is 2.00 bits per heavy atom. The van der Waals surface area contributed by atoms with Crippen molar-refractivity contribution in [3.05, 3.63) is 76.2 Å². The fraction of sp³-hybridized carbons (Fsp3) is 0.105. The summed E-state index contributed by atoms with van der Waals surface area (Å²) in [6.07, 6.45) is 0. The van der Waals surface area contributed by atoms with Crippen molar-refractivity contribution in [2.45, 2.75) is 13.5 Å². The third kappa shape index (κ3) is 4.30. The fourth-order valence-corrected chi connectivity index (χ4v) is 2.80. The molecule has 3 rings (SSSR count). The molecule has 0 saturated carbocycles. The van der Waals surface area contributed by atoms with Crippen LogP contribution >= 0.6 is 11.3 Å². The van der Waals surface area contributed by atoms with Crippen LogP contribution < -0.4 is 10.1 Å². The third-order valence-corrected chi connectivity index (χ3v) is 4.15. The van der Waals surface area contributed by atoms with Crippen LogP contribution in [0.4, 0.5) is 5.69 Å². The lowest BCUT2D eigenvalue weighted by molar-refractivity contribution is 0.100. The maximum Gasteiger partial charge on any atom is 0.259 e. The molecule has 0 radical (unpaired) electrons. The topological polar surface area (TPSA) is 68.3 Å². The first-order valence-corrected chi connectivity index (χ1v) is 8.59. The number of para-hydroxylation sites is 1. The van der Waals surface area contributed by atoms with Crippen LogP contribution in [-0.2, 0) is 6.61 Å². The van der Waals surface area contributed by atoms with Gasteiger partial charge in [0.05, 0.1) is 16.8 Å². The van der Waals surface area contributed by atoms with Gasteiger partial charge in [0.15, 0.2) is 5.78 Å². The first-order chi connectivity index (χ1) is 12.1. The number of Topliss-reactive ketones (excluding diaryl/α,β-unsaturated/α-hetero) is 1. The first kappa shape index (κ1) is 16.9. The van der Waals surface area contributed by atoms with Crippen molar-refractivity contribution in [3.8, 4) is 5.75 Å². The molecule has 126 valence electrons. The largest absolute Gasteiger partial charge is 0.486 e. The van der Waals surface area contributed by atoms with E-state index >= 15 is 0 Å². The van der Waals surface area contributed by atoms with Gasteiger partial charge in [-0.1, -0.05) is 24.3 Å². The summed E-state index contributed by atoms with van der Waals surface area (Å²) in [4.78, 5) is 28.2. The molecular weight excluding hydrogens is 336 g/mol. The Kier molecular flexibility index (Phi) is 5.20. The number of hydrogen-bond donors (Lipinski definition) is 1. The summed E-state index contributed by atoms with van der Waals surface area (Å²) >= 11 is 1.49. The van der Waals surface area contributed by atoms with Gasteiger partial charge in [-0.15, -0.1) is 11.3 Å². The van der Waals surface area contributed by atoms with Gasteiger partial charge in [0.2, 0.25) is 0 Å². The molecule has 0 aliphatic heterocycles. The normalized spacial score (nSPS) is 10.3. The fourth-order valence-electron chi connectivity index (χ4n) is 2.25. The summed E-state index contributed by atoms with van der Waals surface area (Å²) in [6, 6.07) is 13.9. The molecule has 6 heteroatoms. The summed E-state index contributed by atoms with van der Waals surface area (Å²) in [5.74, 6) is 0.133. The molecule has 0 aliphatic rings. The Morgan fingerprint density at radius 1 is 1.16 bits per heavy atom. The van der Waals surface area contributed by atoms with Crippen molar-refractivity contribution in [1.29, 1.82) is 0 Å². The predicted molar refractivity (Wildman–Crippen MR) is 97.3 cm³/mol. The lowest BCUT2D eigenvalue weighted by Gasteiger charge is -2.11. The summed E-state index contributed by atoms with van der Waals surface area (Å²) in [5.41, 5.74) is 4.08. The minimum absolute atomic E-state index is 0.0527. The van der Waals surface area contributed by atoms with Gasteiger partial charge in [-0.05, 0) is 31.2 Å². The van der Waals surface area contributed by atoms with E-state index < -0.39 is 0 Å². The summed E-state index contributed by atoms with van der Waals surface area (Å²) in [6.45, 7) is 1.79. The number of hydrogen-bond acceptors (Lipinski definition) is 5. The van der Waals surface area contributed by atoms with Gasteiger partial charge < -0.3 is 10.1 Å². The number of carbonyl (C=O) groups excluding carboxylic acids is 2. The van der Waals surface area contributed by atoms with Crippen molar-refractivity contribution in [2.75, 3.05) is 5.32 Å². The smallest absolute Gasteiger partial charge is 0.259 e.